The second-order valence-electron chi connectivity index (χ2n) is 7.57. The van der Waals surface area contributed by atoms with Crippen molar-refractivity contribution in [2.75, 3.05) is 16.9 Å². The van der Waals surface area contributed by atoms with Gasteiger partial charge in [-0.15, -0.1) is 0 Å². The summed E-state index contributed by atoms with van der Waals surface area (Å²) in [4.78, 5) is 20.4. The van der Waals surface area contributed by atoms with Crippen LogP contribution in [-0.2, 0) is 19.5 Å². The maximum Gasteiger partial charge on any atom is 0.251 e. The minimum atomic E-state index is -0.125. The molecule has 0 aliphatic carbocycles. The number of benzene rings is 1. The van der Waals surface area contributed by atoms with Crippen molar-refractivity contribution in [2.45, 2.75) is 19.5 Å². The van der Waals surface area contributed by atoms with Crippen LogP contribution in [0.2, 0.25) is 0 Å². The summed E-state index contributed by atoms with van der Waals surface area (Å²) < 4.78 is 1.83. The van der Waals surface area contributed by atoms with E-state index in [0.717, 1.165) is 22.3 Å². The number of nitrogens with two attached hydrogens (primary N) is 3. The van der Waals surface area contributed by atoms with Crippen LogP contribution in [0.3, 0.4) is 0 Å². The second-order valence-corrected chi connectivity index (χ2v) is 7.57. The molecule has 10 heteroatoms. The lowest BCUT2D eigenvalue weighted by molar-refractivity contribution is 0.0951. The first-order valence-electron chi connectivity index (χ1n) is 10.3. The first-order valence-corrected chi connectivity index (χ1v) is 10.3. The topological polar surface area (TPSA) is 163 Å². The standard InChI is InChI=1S/C23H25N9O/c24-20-10-19(21(25)22(30-20)31-26)9-17-12-29-32(14-17)13-16-1-3-18(4-2-16)23(33)28-11-15-5-7-27-8-6-15/h1-8,10,12,14H,9,11,13,25-26H2,(H,28,33)(H3,24,30,31). The third kappa shape index (κ3) is 5.43. The smallest absolute Gasteiger partial charge is 0.251 e. The van der Waals surface area contributed by atoms with Crippen molar-refractivity contribution in [3.63, 3.8) is 0 Å². The van der Waals surface area contributed by atoms with Crippen LogP contribution >= 0.6 is 0 Å². The molecule has 0 saturated carbocycles. The molecular weight excluding hydrogens is 418 g/mol. The number of carbonyl (C=O) groups excluding carboxylic acids is 1. The predicted molar refractivity (Wildman–Crippen MR) is 127 cm³/mol. The van der Waals surface area contributed by atoms with Gasteiger partial charge in [-0.3, -0.25) is 14.5 Å². The van der Waals surface area contributed by atoms with Crippen molar-refractivity contribution in [1.82, 2.24) is 25.1 Å². The highest BCUT2D eigenvalue weighted by Gasteiger charge is 2.11. The number of nitrogens with one attached hydrogen (secondary N) is 2. The number of nitrogen functional groups attached to an aromatic ring is 3. The lowest BCUT2D eigenvalue weighted by Gasteiger charge is -2.10. The number of hydrogen-bond acceptors (Lipinski definition) is 8. The lowest BCUT2D eigenvalue weighted by atomic mass is 10.1. The number of carbonyl (C=O) groups is 1. The molecule has 0 saturated heterocycles. The Kier molecular flexibility index (Phi) is 6.46. The maximum absolute atomic E-state index is 12.4. The molecule has 4 aromatic rings. The van der Waals surface area contributed by atoms with Crippen molar-refractivity contribution < 1.29 is 4.79 Å². The van der Waals surface area contributed by atoms with Gasteiger partial charge in [0.2, 0.25) is 0 Å². The maximum atomic E-state index is 12.4. The van der Waals surface area contributed by atoms with E-state index in [1.807, 2.05) is 47.3 Å². The zero-order valence-corrected chi connectivity index (χ0v) is 17.9. The van der Waals surface area contributed by atoms with Gasteiger partial charge in [-0.05, 0) is 52.6 Å². The van der Waals surface area contributed by atoms with E-state index in [4.69, 9.17) is 17.3 Å². The Balaban J connectivity index is 1.36. The molecule has 0 unspecified atom stereocenters. The summed E-state index contributed by atoms with van der Waals surface area (Å²) in [6.45, 7) is 1.03. The van der Waals surface area contributed by atoms with Crippen LogP contribution in [0.4, 0.5) is 17.3 Å². The van der Waals surface area contributed by atoms with Crippen molar-refractivity contribution in [2.24, 2.45) is 5.84 Å². The normalized spacial score (nSPS) is 10.7. The molecule has 1 amide bonds. The van der Waals surface area contributed by atoms with Crippen molar-refractivity contribution in [3.8, 4) is 0 Å². The Bertz CT molecular complexity index is 1240. The zero-order chi connectivity index (χ0) is 23.2. The third-order valence-corrected chi connectivity index (χ3v) is 5.15. The summed E-state index contributed by atoms with van der Waals surface area (Å²) in [7, 11) is 0. The van der Waals surface area contributed by atoms with Crippen LogP contribution in [0.1, 0.15) is 32.6 Å². The van der Waals surface area contributed by atoms with Gasteiger partial charge in [0.15, 0.2) is 5.82 Å². The Hall–Kier alpha value is -4.44. The van der Waals surface area contributed by atoms with Crippen LogP contribution in [0, 0.1) is 0 Å². The van der Waals surface area contributed by atoms with E-state index in [0.29, 0.717) is 42.4 Å². The van der Waals surface area contributed by atoms with Gasteiger partial charge in [-0.1, -0.05) is 12.1 Å². The predicted octanol–water partition coefficient (Wildman–Crippen LogP) is 1.69. The fourth-order valence-corrected chi connectivity index (χ4v) is 3.42. The van der Waals surface area contributed by atoms with E-state index in [2.05, 4.69) is 25.8 Å². The molecule has 0 radical (unpaired) electrons. The average Bonchev–Trinajstić information content (AvgIpc) is 3.27. The van der Waals surface area contributed by atoms with Gasteiger partial charge in [0.25, 0.3) is 5.91 Å². The van der Waals surface area contributed by atoms with E-state index in [9.17, 15) is 4.79 Å². The zero-order valence-electron chi connectivity index (χ0n) is 17.9. The van der Waals surface area contributed by atoms with E-state index >= 15 is 0 Å². The SMILES string of the molecule is NNc1nc(N)cc(Cc2cnn(Cc3ccc(C(=O)NCc4ccncc4)cc3)c2)c1N. The summed E-state index contributed by atoms with van der Waals surface area (Å²) in [6.07, 6.45) is 7.68. The Labute approximate surface area is 190 Å². The summed E-state index contributed by atoms with van der Waals surface area (Å²) in [5.41, 5.74) is 19.3. The van der Waals surface area contributed by atoms with Crippen LogP contribution in [0.25, 0.3) is 0 Å². The molecule has 168 valence electrons. The molecule has 0 fully saturated rings. The number of hydrogen-bond donors (Lipinski definition) is 5. The minimum absolute atomic E-state index is 0.125. The van der Waals surface area contributed by atoms with Gasteiger partial charge in [0.05, 0.1) is 18.4 Å². The molecule has 3 aromatic heterocycles. The van der Waals surface area contributed by atoms with E-state index in [-0.39, 0.29) is 5.91 Å². The number of rotatable bonds is 8. The first-order chi connectivity index (χ1) is 16.0. The summed E-state index contributed by atoms with van der Waals surface area (Å²) in [6, 6.07) is 12.9. The molecular formula is C23H25N9O. The van der Waals surface area contributed by atoms with Gasteiger partial charge in [0.1, 0.15) is 5.82 Å². The number of nitrogens with zero attached hydrogens (tertiary/aromatic N) is 4. The van der Waals surface area contributed by atoms with Crippen LogP contribution in [-0.4, -0.2) is 25.7 Å². The molecule has 0 aliphatic rings. The highest BCUT2D eigenvalue weighted by molar-refractivity contribution is 5.94. The Morgan fingerprint density at radius 2 is 1.76 bits per heavy atom. The van der Waals surface area contributed by atoms with Crippen LogP contribution in [0.15, 0.2) is 67.3 Å². The molecule has 3 heterocycles. The Morgan fingerprint density at radius 1 is 1.00 bits per heavy atom. The van der Waals surface area contributed by atoms with Crippen molar-refractivity contribution >= 4 is 23.2 Å². The molecule has 0 bridgehead atoms. The van der Waals surface area contributed by atoms with Crippen LogP contribution < -0.4 is 28.1 Å². The van der Waals surface area contributed by atoms with Crippen molar-refractivity contribution in [1.29, 1.82) is 0 Å². The van der Waals surface area contributed by atoms with Crippen molar-refractivity contribution in [3.05, 3.63) is 95.1 Å². The lowest BCUT2D eigenvalue weighted by Crippen LogP contribution is -2.22. The fraction of sp³-hybridized carbons (Fsp3) is 0.130. The summed E-state index contributed by atoms with van der Waals surface area (Å²) in [5, 5.41) is 7.33. The average molecular weight is 444 g/mol. The number of pyridine rings is 2. The molecule has 4 rings (SSSR count). The summed E-state index contributed by atoms with van der Waals surface area (Å²) >= 11 is 0. The molecule has 8 N–H and O–H groups in total. The van der Waals surface area contributed by atoms with Gasteiger partial charge >= 0.3 is 0 Å². The van der Waals surface area contributed by atoms with E-state index < -0.39 is 0 Å². The third-order valence-electron chi connectivity index (χ3n) is 5.15. The van der Waals surface area contributed by atoms with E-state index in [1.54, 1.807) is 24.7 Å². The van der Waals surface area contributed by atoms with Gasteiger partial charge in [-0.25, -0.2) is 10.8 Å². The largest absolute Gasteiger partial charge is 0.395 e. The fourth-order valence-electron chi connectivity index (χ4n) is 3.42. The number of amides is 1. The molecule has 1 aromatic carbocycles. The first kappa shape index (κ1) is 21.8. The number of anilines is 3. The molecule has 33 heavy (non-hydrogen) atoms. The quantitative estimate of drug-likeness (QED) is 0.203. The highest BCUT2D eigenvalue weighted by Crippen LogP contribution is 2.24. The number of hydrazine groups is 1. The second kappa shape index (κ2) is 9.79. The monoisotopic (exact) mass is 443 g/mol. The molecule has 0 spiro atoms. The molecule has 0 atom stereocenters. The van der Waals surface area contributed by atoms with Crippen LogP contribution in [0.5, 0.6) is 0 Å². The van der Waals surface area contributed by atoms with E-state index in [1.165, 1.54) is 0 Å². The van der Waals surface area contributed by atoms with Gasteiger partial charge < -0.3 is 22.2 Å². The van der Waals surface area contributed by atoms with Gasteiger partial charge in [0, 0.05) is 37.1 Å². The number of aromatic nitrogens is 4. The molecule has 10 nitrogen and oxygen atoms in total. The van der Waals surface area contributed by atoms with Gasteiger partial charge in [-0.2, -0.15) is 5.10 Å². The summed E-state index contributed by atoms with van der Waals surface area (Å²) in [5.74, 6) is 6.01. The Morgan fingerprint density at radius 3 is 2.48 bits per heavy atom. The molecule has 0 aliphatic heterocycles. The minimum Gasteiger partial charge on any atom is -0.395 e. The highest BCUT2D eigenvalue weighted by atomic mass is 16.1.